The van der Waals surface area contributed by atoms with Gasteiger partial charge >= 0.3 is 0 Å². The van der Waals surface area contributed by atoms with Crippen molar-refractivity contribution in [3.05, 3.63) is 65.1 Å². The second-order valence-electron chi connectivity index (χ2n) is 9.08. The van der Waals surface area contributed by atoms with E-state index in [1.807, 2.05) is 0 Å². The Kier molecular flexibility index (Phi) is 9.24. The van der Waals surface area contributed by atoms with Crippen LogP contribution >= 0.6 is 0 Å². The maximum absolute atomic E-state index is 14.6. The first-order valence-electron chi connectivity index (χ1n) is 12.5. The predicted octanol–water partition coefficient (Wildman–Crippen LogP) is 0.841. The smallest absolute Gasteiger partial charge is 0.259 e. The van der Waals surface area contributed by atoms with Crippen molar-refractivity contribution in [3.8, 4) is 0 Å². The van der Waals surface area contributed by atoms with Crippen molar-refractivity contribution in [2.24, 2.45) is 10.9 Å². The van der Waals surface area contributed by atoms with Crippen LogP contribution in [0.3, 0.4) is 0 Å². The van der Waals surface area contributed by atoms with Crippen LogP contribution in [-0.4, -0.2) is 85.2 Å². The molecule has 12 nitrogen and oxygen atoms in total. The van der Waals surface area contributed by atoms with Crippen LogP contribution < -0.4 is 16.0 Å². The van der Waals surface area contributed by atoms with Gasteiger partial charge in [0, 0.05) is 31.7 Å². The van der Waals surface area contributed by atoms with Gasteiger partial charge in [-0.1, -0.05) is 11.2 Å². The summed E-state index contributed by atoms with van der Waals surface area (Å²) in [5.41, 5.74) is 5.14. The van der Waals surface area contributed by atoms with E-state index in [0.717, 1.165) is 12.1 Å². The topological polar surface area (TPSA) is 156 Å². The van der Waals surface area contributed by atoms with Gasteiger partial charge in [-0.25, -0.2) is 8.78 Å². The number of amidine groups is 1. The van der Waals surface area contributed by atoms with Crippen molar-refractivity contribution < 1.29 is 42.6 Å². The number of hydrogen-bond acceptors (Lipinski definition) is 8. The summed E-state index contributed by atoms with van der Waals surface area (Å²) in [6, 6.07) is 3.64. The van der Waals surface area contributed by atoms with E-state index in [9.17, 15) is 28.3 Å². The number of halogens is 2. The Balaban J connectivity index is 1.44. The lowest BCUT2D eigenvalue weighted by Gasteiger charge is -2.34. The second kappa shape index (κ2) is 12.8. The number of nitrogens with two attached hydrogens (primary N) is 1. The van der Waals surface area contributed by atoms with Gasteiger partial charge in [0.25, 0.3) is 17.7 Å². The number of benzene rings is 1. The largest absolute Gasteiger partial charge is 0.385 e. The minimum atomic E-state index is -2.00. The highest BCUT2D eigenvalue weighted by molar-refractivity contribution is 6.02. The molecule has 0 bridgehead atoms. The molecule has 2 fully saturated rings. The molecule has 0 aromatic heterocycles. The summed E-state index contributed by atoms with van der Waals surface area (Å²) in [6.45, 7) is 2.76. The zero-order valence-electron chi connectivity index (χ0n) is 21.6. The summed E-state index contributed by atoms with van der Waals surface area (Å²) >= 11 is 0. The first kappa shape index (κ1) is 28.9. The first-order valence-corrected chi connectivity index (χ1v) is 12.5. The fourth-order valence-electron chi connectivity index (χ4n) is 4.15. The molecular formula is C26H29F2N5O7. The summed E-state index contributed by atoms with van der Waals surface area (Å²) in [7, 11) is 0. The van der Waals surface area contributed by atoms with Gasteiger partial charge in [0.05, 0.1) is 31.1 Å². The number of ether oxygens (including phenoxy) is 2. The SMILES string of the molecule is C/C(N)=N\OC1=CC=C(F)C(NC(=O)C(O)[C@H]2OCCN(c3ccc(F)c(C(=O)N4CCOCC4)c3)C2=O)=CC1. The third-order valence-corrected chi connectivity index (χ3v) is 6.21. The molecule has 4 N–H and O–H groups in total. The van der Waals surface area contributed by atoms with Crippen molar-refractivity contribution >= 4 is 29.2 Å². The van der Waals surface area contributed by atoms with Crippen LogP contribution in [0.5, 0.6) is 0 Å². The van der Waals surface area contributed by atoms with Gasteiger partial charge in [0.2, 0.25) is 0 Å². The molecule has 40 heavy (non-hydrogen) atoms. The number of carbonyl (C=O) groups is 3. The molecule has 3 aliphatic rings. The summed E-state index contributed by atoms with van der Waals surface area (Å²) in [5.74, 6) is -3.59. The molecule has 0 radical (unpaired) electrons. The third kappa shape index (κ3) is 6.70. The Bertz CT molecular complexity index is 1290. The Morgan fingerprint density at radius 3 is 2.67 bits per heavy atom. The normalized spacial score (nSPS) is 21.1. The molecule has 14 heteroatoms. The van der Waals surface area contributed by atoms with Crippen molar-refractivity contribution in [2.75, 3.05) is 44.4 Å². The molecule has 214 valence electrons. The average molecular weight is 562 g/mol. The summed E-state index contributed by atoms with van der Waals surface area (Å²) in [4.78, 5) is 46.6. The maximum Gasteiger partial charge on any atom is 0.259 e. The molecule has 2 atom stereocenters. The summed E-state index contributed by atoms with van der Waals surface area (Å²) in [6.07, 6.45) is 0.0639. The number of amides is 3. The molecule has 0 saturated carbocycles. The predicted molar refractivity (Wildman–Crippen MR) is 138 cm³/mol. The highest BCUT2D eigenvalue weighted by Gasteiger charge is 2.40. The maximum atomic E-state index is 14.6. The van der Waals surface area contributed by atoms with E-state index in [1.54, 1.807) is 0 Å². The van der Waals surface area contributed by atoms with Gasteiger partial charge in [-0.15, -0.1) is 0 Å². The van der Waals surface area contributed by atoms with E-state index < -0.39 is 41.6 Å². The van der Waals surface area contributed by atoms with Gasteiger partial charge in [-0.2, -0.15) is 0 Å². The monoisotopic (exact) mass is 561 g/mol. The van der Waals surface area contributed by atoms with E-state index in [4.69, 9.17) is 20.0 Å². The molecule has 2 heterocycles. The number of aliphatic hydroxyl groups is 1. The van der Waals surface area contributed by atoms with Crippen LogP contribution in [-0.2, 0) is 23.9 Å². The number of hydrogen-bond donors (Lipinski definition) is 3. The number of morpholine rings is 2. The van der Waals surface area contributed by atoms with E-state index in [0.29, 0.717) is 26.3 Å². The number of nitrogens with zero attached hydrogens (tertiary/aromatic N) is 3. The van der Waals surface area contributed by atoms with Crippen LogP contribution in [0.4, 0.5) is 14.5 Å². The van der Waals surface area contributed by atoms with Gasteiger partial charge in [-0.3, -0.25) is 14.4 Å². The van der Waals surface area contributed by atoms with Crippen LogP contribution in [0.25, 0.3) is 0 Å². The number of carbonyl (C=O) groups excluding carboxylic acids is 3. The summed E-state index contributed by atoms with van der Waals surface area (Å²) in [5, 5.41) is 16.5. The first-order chi connectivity index (χ1) is 19.2. The van der Waals surface area contributed by atoms with Crippen LogP contribution in [0.15, 0.2) is 58.9 Å². The Hall–Kier alpha value is -4.14. The van der Waals surface area contributed by atoms with Crippen molar-refractivity contribution in [3.63, 3.8) is 0 Å². The number of rotatable bonds is 7. The lowest BCUT2D eigenvalue weighted by atomic mass is 10.1. The fraction of sp³-hybridized carbons (Fsp3) is 0.385. The van der Waals surface area contributed by atoms with Gasteiger partial charge in [0.15, 0.2) is 12.2 Å². The zero-order valence-corrected chi connectivity index (χ0v) is 21.6. The Morgan fingerprint density at radius 2 is 1.95 bits per heavy atom. The molecule has 1 unspecified atom stereocenters. The van der Waals surface area contributed by atoms with E-state index in [2.05, 4.69) is 10.5 Å². The molecule has 3 amide bonds. The number of anilines is 1. The van der Waals surface area contributed by atoms with Crippen molar-refractivity contribution in [1.82, 2.24) is 10.2 Å². The highest BCUT2D eigenvalue weighted by Crippen LogP contribution is 2.25. The van der Waals surface area contributed by atoms with E-state index >= 15 is 0 Å². The lowest BCUT2D eigenvalue weighted by Crippen LogP contribution is -2.56. The van der Waals surface area contributed by atoms with Crippen LogP contribution in [0.2, 0.25) is 0 Å². The van der Waals surface area contributed by atoms with Gasteiger partial charge < -0.3 is 40.3 Å². The van der Waals surface area contributed by atoms with E-state index in [1.165, 1.54) is 41.0 Å². The Morgan fingerprint density at radius 1 is 1.20 bits per heavy atom. The molecule has 1 aromatic carbocycles. The minimum absolute atomic E-state index is 0.0300. The number of nitrogens with one attached hydrogen (secondary N) is 1. The minimum Gasteiger partial charge on any atom is -0.385 e. The average Bonchev–Trinajstić information content (AvgIpc) is 3.13. The quantitative estimate of drug-likeness (QED) is 0.251. The third-order valence-electron chi connectivity index (χ3n) is 6.21. The van der Waals surface area contributed by atoms with E-state index in [-0.39, 0.29) is 48.1 Å². The number of aliphatic hydroxyl groups excluding tert-OH is 1. The molecule has 2 aliphatic heterocycles. The van der Waals surface area contributed by atoms with Crippen LogP contribution in [0, 0.1) is 5.82 Å². The fourth-order valence-corrected chi connectivity index (χ4v) is 4.15. The standard InChI is InChI=1S/C26H29F2N5O7/c1-15(29)31-40-17-3-6-20(28)21(7-4-17)30-24(35)22(34)23-26(37)33(10-13-39-23)16-2-5-19(27)18(14-16)25(36)32-8-11-38-12-9-32/h2-3,5-7,14,22-23,34H,4,8-13H2,1H3,(H2,29,31)(H,30,35)/t22?,23-/m1/s1. The van der Waals surface area contributed by atoms with Gasteiger partial charge in [-0.05, 0) is 37.3 Å². The van der Waals surface area contributed by atoms with Crippen LogP contribution in [0.1, 0.15) is 23.7 Å². The number of allylic oxidation sites excluding steroid dienone is 4. The zero-order chi connectivity index (χ0) is 28.8. The number of oxime groups is 1. The molecule has 0 spiro atoms. The molecule has 4 rings (SSSR count). The molecular weight excluding hydrogens is 532 g/mol. The molecule has 1 aromatic rings. The highest BCUT2D eigenvalue weighted by atomic mass is 19.1. The van der Waals surface area contributed by atoms with Crippen molar-refractivity contribution in [1.29, 1.82) is 0 Å². The molecule has 2 saturated heterocycles. The lowest BCUT2D eigenvalue weighted by molar-refractivity contribution is -0.152. The summed E-state index contributed by atoms with van der Waals surface area (Å²) < 4.78 is 39.7. The Labute approximate surface area is 228 Å². The second-order valence-corrected chi connectivity index (χ2v) is 9.08. The van der Waals surface area contributed by atoms with Gasteiger partial charge in [0.1, 0.15) is 23.2 Å². The van der Waals surface area contributed by atoms with Crippen molar-refractivity contribution in [2.45, 2.75) is 25.6 Å². The molecule has 1 aliphatic carbocycles.